The summed E-state index contributed by atoms with van der Waals surface area (Å²) in [5, 5.41) is 4.02. The van der Waals surface area contributed by atoms with Gasteiger partial charge in [-0.1, -0.05) is 66.9 Å². The lowest BCUT2D eigenvalue weighted by Gasteiger charge is -2.43. The van der Waals surface area contributed by atoms with E-state index in [0.29, 0.717) is 21.7 Å². The molecule has 1 saturated heterocycles. The molecule has 2 unspecified atom stereocenters. The molecule has 1 heterocycles. The van der Waals surface area contributed by atoms with Crippen LogP contribution in [0, 0.1) is 0 Å². The summed E-state index contributed by atoms with van der Waals surface area (Å²) in [6.07, 6.45) is 7.09. The molecule has 35 heavy (non-hydrogen) atoms. The number of hydrogen-bond donors (Lipinski definition) is 1. The molecule has 186 valence electrons. The molecular weight excluding hydrogens is 478 g/mol. The van der Waals surface area contributed by atoms with Gasteiger partial charge in [0.2, 0.25) is 5.91 Å². The van der Waals surface area contributed by atoms with Gasteiger partial charge in [-0.15, -0.1) is 11.8 Å². The number of thioether (sulfide) groups is 1. The molecule has 1 aliphatic carbocycles. The highest BCUT2D eigenvalue weighted by atomic mass is 35.5. The van der Waals surface area contributed by atoms with Gasteiger partial charge in [-0.05, 0) is 62.2 Å². The molecule has 2 fully saturated rings. The Morgan fingerprint density at radius 2 is 1.97 bits per heavy atom. The molecule has 4 rings (SSSR count). The van der Waals surface area contributed by atoms with Gasteiger partial charge in [0.1, 0.15) is 6.54 Å². The molecule has 0 bridgehead atoms. The molecule has 5 nitrogen and oxygen atoms in total. The van der Waals surface area contributed by atoms with Crippen LogP contribution in [0.4, 0.5) is 0 Å². The van der Waals surface area contributed by atoms with Crippen LogP contribution < -0.4 is 5.32 Å². The maximum Gasteiger partial charge on any atom is 0.261 e. The van der Waals surface area contributed by atoms with Crippen molar-refractivity contribution in [3.8, 4) is 0 Å². The molecule has 1 N–H and O–H groups in total. The first kappa shape index (κ1) is 25.8. The minimum atomic E-state index is -0.0811. The minimum Gasteiger partial charge on any atom is -0.355 e. The number of carbonyl (C=O) groups is 2. The van der Waals surface area contributed by atoms with Crippen molar-refractivity contribution >= 4 is 41.3 Å². The van der Waals surface area contributed by atoms with Crippen LogP contribution in [0.25, 0.3) is 6.08 Å². The predicted molar refractivity (Wildman–Crippen MR) is 145 cm³/mol. The first-order valence-corrected chi connectivity index (χ1v) is 13.7. The fraction of sp³-hybridized carbons (Fsp3) is 0.429. The fourth-order valence-electron chi connectivity index (χ4n) is 4.87. The van der Waals surface area contributed by atoms with Crippen molar-refractivity contribution in [2.45, 2.75) is 49.9 Å². The lowest BCUT2D eigenvalue weighted by Crippen LogP contribution is -2.54. The van der Waals surface area contributed by atoms with Gasteiger partial charge in [-0.2, -0.15) is 0 Å². The predicted octanol–water partition coefficient (Wildman–Crippen LogP) is 5.21. The standard InChI is InChI=1S/C28H34ClN3O2S/c1-31(19-21-9-3-2-4-10-21)16-8-15-30-27(33)20-32-24-13-5-6-14-25(24)35-26(28(32)34)18-22-11-7-12-23(29)17-22/h2-4,7,9-12,17-18,24-25H,5-6,8,13-16,19-20H2,1H3,(H,30,33)/b26-18-. The summed E-state index contributed by atoms with van der Waals surface area (Å²) >= 11 is 7.81. The van der Waals surface area contributed by atoms with Crippen molar-refractivity contribution in [3.05, 3.63) is 75.7 Å². The molecule has 0 spiro atoms. The van der Waals surface area contributed by atoms with Gasteiger partial charge in [-0.25, -0.2) is 0 Å². The van der Waals surface area contributed by atoms with Crippen LogP contribution in [-0.4, -0.2) is 59.6 Å². The molecule has 2 aromatic carbocycles. The van der Waals surface area contributed by atoms with E-state index in [1.165, 1.54) is 12.0 Å². The van der Waals surface area contributed by atoms with Gasteiger partial charge >= 0.3 is 0 Å². The molecule has 2 amide bonds. The van der Waals surface area contributed by atoms with Crippen LogP contribution >= 0.6 is 23.4 Å². The third-order valence-corrected chi connectivity index (χ3v) is 8.25. The van der Waals surface area contributed by atoms with E-state index >= 15 is 0 Å². The van der Waals surface area contributed by atoms with Crippen molar-refractivity contribution in [2.75, 3.05) is 26.7 Å². The summed E-state index contributed by atoms with van der Waals surface area (Å²) in [6, 6.07) is 18.0. The van der Waals surface area contributed by atoms with Gasteiger partial charge < -0.3 is 15.1 Å². The number of benzene rings is 2. The monoisotopic (exact) mass is 511 g/mol. The van der Waals surface area contributed by atoms with Crippen molar-refractivity contribution in [1.29, 1.82) is 0 Å². The third kappa shape index (κ3) is 7.35. The van der Waals surface area contributed by atoms with E-state index in [4.69, 9.17) is 11.6 Å². The first-order chi connectivity index (χ1) is 17.0. The zero-order valence-electron chi connectivity index (χ0n) is 20.3. The largest absolute Gasteiger partial charge is 0.355 e. The summed E-state index contributed by atoms with van der Waals surface area (Å²) in [5.41, 5.74) is 2.19. The molecule has 2 aliphatic rings. The molecule has 1 aliphatic heterocycles. The highest BCUT2D eigenvalue weighted by Gasteiger charge is 2.41. The first-order valence-electron chi connectivity index (χ1n) is 12.4. The topological polar surface area (TPSA) is 52.7 Å². The number of carbonyl (C=O) groups excluding carboxylic acids is 2. The van der Waals surface area contributed by atoms with Crippen LogP contribution in [0.5, 0.6) is 0 Å². The number of nitrogens with one attached hydrogen (secondary N) is 1. The zero-order valence-corrected chi connectivity index (χ0v) is 21.9. The van der Waals surface area contributed by atoms with Crippen LogP contribution in [0.15, 0.2) is 59.5 Å². The molecule has 7 heteroatoms. The molecule has 2 atom stereocenters. The summed E-state index contributed by atoms with van der Waals surface area (Å²) in [5.74, 6) is -0.127. The second-order valence-electron chi connectivity index (χ2n) is 9.43. The zero-order chi connectivity index (χ0) is 24.6. The van der Waals surface area contributed by atoms with Crippen molar-refractivity contribution in [2.24, 2.45) is 0 Å². The van der Waals surface area contributed by atoms with Crippen LogP contribution in [-0.2, 0) is 16.1 Å². The van der Waals surface area contributed by atoms with E-state index in [2.05, 4.69) is 41.5 Å². The number of hydrogen-bond acceptors (Lipinski definition) is 4. The lowest BCUT2D eigenvalue weighted by molar-refractivity contribution is -0.135. The summed E-state index contributed by atoms with van der Waals surface area (Å²) in [6.45, 7) is 2.51. The van der Waals surface area contributed by atoms with Crippen LogP contribution in [0.3, 0.4) is 0 Å². The highest BCUT2D eigenvalue weighted by molar-refractivity contribution is 8.04. The Morgan fingerprint density at radius 3 is 2.77 bits per heavy atom. The molecule has 0 radical (unpaired) electrons. The maximum atomic E-state index is 13.4. The normalized spacial score (nSPS) is 21.3. The van der Waals surface area contributed by atoms with Gasteiger partial charge in [0, 0.05) is 29.4 Å². The second-order valence-corrected chi connectivity index (χ2v) is 11.1. The number of rotatable bonds is 9. The Labute approximate surface area is 217 Å². The number of nitrogens with zero attached hydrogens (tertiary/aromatic N) is 2. The van der Waals surface area contributed by atoms with Gasteiger partial charge in [0.15, 0.2) is 0 Å². The second kappa shape index (κ2) is 12.6. The Bertz CT molecular complexity index is 1050. The lowest BCUT2D eigenvalue weighted by atomic mass is 9.93. The average molecular weight is 512 g/mol. The molecular formula is C28H34ClN3O2S. The maximum absolute atomic E-state index is 13.4. The van der Waals surface area contributed by atoms with E-state index in [0.717, 1.165) is 44.3 Å². The average Bonchev–Trinajstić information content (AvgIpc) is 2.85. The smallest absolute Gasteiger partial charge is 0.261 e. The van der Waals surface area contributed by atoms with E-state index in [1.807, 2.05) is 41.3 Å². The SMILES string of the molecule is CN(CCCNC(=O)CN1C(=O)/C(=C/c2cccc(Cl)c2)SC2CCCCC21)Cc1ccccc1. The Balaban J connectivity index is 1.31. The van der Waals surface area contributed by atoms with Crippen molar-refractivity contribution < 1.29 is 9.59 Å². The van der Waals surface area contributed by atoms with E-state index in [1.54, 1.807) is 11.8 Å². The summed E-state index contributed by atoms with van der Waals surface area (Å²) in [4.78, 5) is 31.0. The van der Waals surface area contributed by atoms with E-state index < -0.39 is 0 Å². The number of amides is 2. The quantitative estimate of drug-likeness (QED) is 0.371. The summed E-state index contributed by atoms with van der Waals surface area (Å²) < 4.78 is 0. The third-order valence-electron chi connectivity index (χ3n) is 6.61. The van der Waals surface area contributed by atoms with Crippen molar-refractivity contribution in [3.63, 3.8) is 0 Å². The molecule has 2 aromatic rings. The Kier molecular flexibility index (Phi) is 9.30. The minimum absolute atomic E-state index is 0.0455. The van der Waals surface area contributed by atoms with Gasteiger partial charge in [-0.3, -0.25) is 9.59 Å². The van der Waals surface area contributed by atoms with Crippen LogP contribution in [0.1, 0.15) is 43.2 Å². The molecule has 1 saturated carbocycles. The van der Waals surface area contributed by atoms with E-state index in [9.17, 15) is 9.59 Å². The summed E-state index contributed by atoms with van der Waals surface area (Å²) in [7, 11) is 2.09. The van der Waals surface area contributed by atoms with Crippen molar-refractivity contribution in [1.82, 2.24) is 15.1 Å². The van der Waals surface area contributed by atoms with Gasteiger partial charge in [0.25, 0.3) is 5.91 Å². The number of fused-ring (bicyclic) bond motifs is 1. The van der Waals surface area contributed by atoms with E-state index in [-0.39, 0.29) is 24.4 Å². The Hall–Kier alpha value is -2.28. The Morgan fingerprint density at radius 1 is 1.17 bits per heavy atom. The number of halogens is 1. The highest BCUT2D eigenvalue weighted by Crippen LogP contribution is 2.42. The fourth-order valence-corrected chi connectivity index (χ4v) is 6.54. The van der Waals surface area contributed by atoms with Gasteiger partial charge in [0.05, 0.1) is 4.91 Å². The van der Waals surface area contributed by atoms with Crippen LogP contribution in [0.2, 0.25) is 5.02 Å². The molecule has 0 aromatic heterocycles.